The minimum atomic E-state index is 0.440. The summed E-state index contributed by atoms with van der Waals surface area (Å²) in [5.41, 5.74) is 1.36. The zero-order valence-corrected chi connectivity index (χ0v) is 11.5. The second-order valence-corrected chi connectivity index (χ2v) is 5.21. The number of nitriles is 1. The summed E-state index contributed by atoms with van der Waals surface area (Å²) in [6, 6.07) is 12.5. The molecule has 0 saturated heterocycles. The monoisotopic (exact) mass is 267 g/mol. The molecular weight excluding hydrogens is 250 g/mol. The van der Waals surface area contributed by atoms with Crippen LogP contribution in [-0.2, 0) is 0 Å². The van der Waals surface area contributed by atoms with E-state index in [1.807, 2.05) is 30.3 Å². The Hall–Kier alpha value is -2.12. The predicted molar refractivity (Wildman–Crippen MR) is 77.6 cm³/mol. The Labute approximate surface area is 118 Å². The van der Waals surface area contributed by atoms with E-state index < -0.39 is 0 Å². The summed E-state index contributed by atoms with van der Waals surface area (Å²) in [4.78, 5) is 6.74. The zero-order valence-electron chi connectivity index (χ0n) is 11.5. The average molecular weight is 267 g/mol. The minimum absolute atomic E-state index is 0.440. The van der Waals surface area contributed by atoms with Gasteiger partial charge in [-0.1, -0.05) is 18.2 Å². The number of aromatic nitrogens is 1. The van der Waals surface area contributed by atoms with Crippen LogP contribution in [0, 0.1) is 11.3 Å². The Bertz CT molecular complexity index is 658. The quantitative estimate of drug-likeness (QED) is 0.835. The van der Waals surface area contributed by atoms with Crippen LogP contribution in [0.5, 0.6) is 5.88 Å². The highest BCUT2D eigenvalue weighted by molar-refractivity contribution is 5.80. The molecule has 1 aliphatic carbocycles. The molecule has 4 nitrogen and oxygen atoms in total. The topological polar surface area (TPSA) is 49.1 Å². The van der Waals surface area contributed by atoms with E-state index in [0.29, 0.717) is 18.1 Å². The number of benzene rings is 1. The van der Waals surface area contributed by atoms with Gasteiger partial charge in [0.15, 0.2) is 0 Å². The van der Waals surface area contributed by atoms with Gasteiger partial charge >= 0.3 is 0 Å². The van der Waals surface area contributed by atoms with Gasteiger partial charge in [-0.25, -0.2) is 4.98 Å². The Morgan fingerprint density at radius 2 is 2.20 bits per heavy atom. The van der Waals surface area contributed by atoms with Gasteiger partial charge in [-0.3, -0.25) is 0 Å². The molecule has 4 heteroatoms. The van der Waals surface area contributed by atoms with E-state index in [9.17, 15) is 5.26 Å². The van der Waals surface area contributed by atoms with E-state index in [0.717, 1.165) is 23.5 Å². The first kappa shape index (κ1) is 12.9. The van der Waals surface area contributed by atoms with Crippen LogP contribution in [0.2, 0.25) is 0 Å². The molecule has 0 radical (unpaired) electrons. The largest absolute Gasteiger partial charge is 0.475 e. The first-order valence-electron chi connectivity index (χ1n) is 6.91. The molecule has 0 spiro atoms. The number of nitrogens with zero attached hydrogens (tertiary/aromatic N) is 3. The summed E-state index contributed by atoms with van der Waals surface area (Å²) in [6.45, 7) is 1.43. The van der Waals surface area contributed by atoms with Crippen molar-refractivity contribution in [2.45, 2.75) is 18.9 Å². The third kappa shape index (κ3) is 2.73. The van der Waals surface area contributed by atoms with Crippen molar-refractivity contribution >= 4 is 10.9 Å². The molecule has 3 rings (SSSR count). The summed E-state index contributed by atoms with van der Waals surface area (Å²) in [5.74, 6) is 0.440. The zero-order chi connectivity index (χ0) is 13.9. The molecule has 0 amide bonds. The summed E-state index contributed by atoms with van der Waals surface area (Å²) in [6.07, 6.45) is 2.57. The number of pyridine rings is 1. The Kier molecular flexibility index (Phi) is 3.53. The van der Waals surface area contributed by atoms with Crippen LogP contribution in [0.1, 0.15) is 18.4 Å². The second-order valence-electron chi connectivity index (χ2n) is 5.21. The number of hydrogen-bond donors (Lipinski definition) is 0. The summed E-state index contributed by atoms with van der Waals surface area (Å²) in [7, 11) is 2.11. The number of ether oxygens (including phenoxy) is 1. The van der Waals surface area contributed by atoms with Crippen LogP contribution in [0.4, 0.5) is 0 Å². The lowest BCUT2D eigenvalue weighted by molar-refractivity contribution is 0.226. The standard InChI is InChI=1S/C16H17N3O/c1-19(14-6-7-14)8-9-20-16-13(11-17)10-12-4-2-3-5-15(12)18-16/h2-5,10,14H,6-9H2,1H3. The van der Waals surface area contributed by atoms with E-state index in [2.05, 4.69) is 23.0 Å². The maximum atomic E-state index is 9.20. The molecule has 1 aromatic heterocycles. The second kappa shape index (κ2) is 5.48. The number of likely N-dealkylation sites (N-methyl/N-ethyl adjacent to an activating group) is 1. The molecule has 0 aliphatic heterocycles. The minimum Gasteiger partial charge on any atom is -0.475 e. The molecule has 0 unspecified atom stereocenters. The summed E-state index contributed by atoms with van der Waals surface area (Å²) < 4.78 is 5.71. The fraction of sp³-hybridized carbons (Fsp3) is 0.375. The smallest absolute Gasteiger partial charge is 0.232 e. The molecule has 0 N–H and O–H groups in total. The van der Waals surface area contributed by atoms with Crippen molar-refractivity contribution in [2.24, 2.45) is 0 Å². The SMILES string of the molecule is CN(CCOc1nc2ccccc2cc1C#N)C1CC1. The van der Waals surface area contributed by atoms with Gasteiger partial charge in [0.25, 0.3) is 0 Å². The van der Waals surface area contributed by atoms with Crippen molar-refractivity contribution < 1.29 is 4.74 Å². The van der Waals surface area contributed by atoms with Crippen LogP contribution < -0.4 is 4.74 Å². The Morgan fingerprint density at radius 3 is 2.95 bits per heavy atom. The van der Waals surface area contributed by atoms with Gasteiger partial charge in [0.2, 0.25) is 5.88 Å². The van der Waals surface area contributed by atoms with E-state index in [-0.39, 0.29) is 0 Å². The van der Waals surface area contributed by atoms with Crippen LogP contribution in [0.15, 0.2) is 30.3 Å². The highest BCUT2D eigenvalue weighted by Crippen LogP contribution is 2.25. The van der Waals surface area contributed by atoms with Crippen LogP contribution in [0.25, 0.3) is 10.9 Å². The van der Waals surface area contributed by atoms with Gasteiger partial charge in [-0.2, -0.15) is 5.26 Å². The Morgan fingerprint density at radius 1 is 1.40 bits per heavy atom. The fourth-order valence-electron chi connectivity index (χ4n) is 2.27. The number of para-hydroxylation sites is 1. The third-order valence-corrected chi connectivity index (χ3v) is 3.66. The molecule has 2 aromatic rings. The van der Waals surface area contributed by atoms with Crippen molar-refractivity contribution in [3.63, 3.8) is 0 Å². The van der Waals surface area contributed by atoms with Crippen LogP contribution in [-0.4, -0.2) is 36.1 Å². The summed E-state index contributed by atoms with van der Waals surface area (Å²) in [5, 5.41) is 10.2. The maximum Gasteiger partial charge on any atom is 0.232 e. The molecule has 1 saturated carbocycles. The van der Waals surface area contributed by atoms with Crippen molar-refractivity contribution in [2.75, 3.05) is 20.2 Å². The normalized spacial score (nSPS) is 14.4. The van der Waals surface area contributed by atoms with Gasteiger partial charge in [0.1, 0.15) is 18.2 Å². The maximum absolute atomic E-state index is 9.20. The lowest BCUT2D eigenvalue weighted by Gasteiger charge is -2.16. The summed E-state index contributed by atoms with van der Waals surface area (Å²) >= 11 is 0. The van der Waals surface area contributed by atoms with Crippen molar-refractivity contribution in [3.8, 4) is 11.9 Å². The molecule has 102 valence electrons. The van der Waals surface area contributed by atoms with E-state index >= 15 is 0 Å². The fourth-order valence-corrected chi connectivity index (χ4v) is 2.27. The average Bonchev–Trinajstić information content (AvgIpc) is 3.31. The van der Waals surface area contributed by atoms with Gasteiger partial charge in [-0.15, -0.1) is 0 Å². The van der Waals surface area contributed by atoms with Gasteiger partial charge in [0, 0.05) is 18.0 Å². The van der Waals surface area contributed by atoms with E-state index in [4.69, 9.17) is 4.74 Å². The highest BCUT2D eigenvalue weighted by Gasteiger charge is 2.25. The molecular formula is C16H17N3O. The lowest BCUT2D eigenvalue weighted by atomic mass is 10.1. The molecule has 0 atom stereocenters. The molecule has 1 aliphatic rings. The van der Waals surface area contributed by atoms with Crippen LogP contribution >= 0.6 is 0 Å². The first-order valence-corrected chi connectivity index (χ1v) is 6.91. The highest BCUT2D eigenvalue weighted by atomic mass is 16.5. The molecule has 1 fully saturated rings. The van der Waals surface area contributed by atoms with Crippen LogP contribution in [0.3, 0.4) is 0 Å². The molecule has 1 heterocycles. The number of fused-ring (bicyclic) bond motifs is 1. The number of rotatable bonds is 5. The lowest BCUT2D eigenvalue weighted by Crippen LogP contribution is -2.26. The third-order valence-electron chi connectivity index (χ3n) is 3.66. The van der Waals surface area contributed by atoms with Gasteiger partial charge in [0.05, 0.1) is 5.52 Å². The molecule has 0 bridgehead atoms. The van der Waals surface area contributed by atoms with E-state index in [1.165, 1.54) is 12.8 Å². The van der Waals surface area contributed by atoms with E-state index in [1.54, 1.807) is 0 Å². The van der Waals surface area contributed by atoms with Gasteiger partial charge < -0.3 is 9.64 Å². The number of hydrogen-bond acceptors (Lipinski definition) is 4. The molecule has 20 heavy (non-hydrogen) atoms. The molecule has 1 aromatic carbocycles. The van der Waals surface area contributed by atoms with Crippen molar-refractivity contribution in [3.05, 3.63) is 35.9 Å². The Balaban J connectivity index is 1.74. The first-order chi connectivity index (χ1) is 9.78. The van der Waals surface area contributed by atoms with Crippen molar-refractivity contribution in [1.82, 2.24) is 9.88 Å². The van der Waals surface area contributed by atoms with Gasteiger partial charge in [-0.05, 0) is 32.0 Å². The van der Waals surface area contributed by atoms with Crippen molar-refractivity contribution in [1.29, 1.82) is 5.26 Å². The predicted octanol–water partition coefficient (Wildman–Crippen LogP) is 2.58.